The van der Waals surface area contributed by atoms with Crippen LogP contribution in [0.5, 0.6) is 5.75 Å². The minimum absolute atomic E-state index is 0. The van der Waals surface area contributed by atoms with Gasteiger partial charge in [0.1, 0.15) is 5.75 Å². The standard InChI is InChI=1S/C13H15F3N2O2.ClH/c14-13(15,16)20-11-5-1-3-9(7-11)12(19)18-10-4-2-6-17-8-10;/h1,3,5,7,10,17H,2,4,6,8H2,(H,18,19);1H/t10-;/m1./s1. The number of benzene rings is 1. The zero-order valence-corrected chi connectivity index (χ0v) is 11.9. The van der Waals surface area contributed by atoms with E-state index in [9.17, 15) is 18.0 Å². The molecule has 1 aromatic rings. The second-order valence-electron chi connectivity index (χ2n) is 4.59. The molecule has 0 aromatic heterocycles. The van der Waals surface area contributed by atoms with Crippen molar-refractivity contribution in [3.05, 3.63) is 29.8 Å². The molecule has 0 bridgehead atoms. The normalized spacial score (nSPS) is 18.5. The van der Waals surface area contributed by atoms with Crippen molar-refractivity contribution < 1.29 is 22.7 Å². The number of ether oxygens (including phenoxy) is 1. The number of hydrogen-bond donors (Lipinski definition) is 2. The van der Waals surface area contributed by atoms with Crippen LogP contribution >= 0.6 is 12.4 Å². The number of halogens is 4. The number of alkyl halides is 3. The minimum atomic E-state index is -4.76. The molecule has 1 amide bonds. The number of hydrogen-bond acceptors (Lipinski definition) is 3. The summed E-state index contributed by atoms with van der Waals surface area (Å²) in [6.45, 7) is 1.59. The molecule has 118 valence electrons. The van der Waals surface area contributed by atoms with Crippen LogP contribution in [0.25, 0.3) is 0 Å². The van der Waals surface area contributed by atoms with Gasteiger partial charge in [0.2, 0.25) is 0 Å². The molecule has 4 nitrogen and oxygen atoms in total. The lowest BCUT2D eigenvalue weighted by Crippen LogP contribution is -2.45. The maximum Gasteiger partial charge on any atom is 0.573 e. The van der Waals surface area contributed by atoms with Gasteiger partial charge >= 0.3 is 6.36 Å². The highest BCUT2D eigenvalue weighted by atomic mass is 35.5. The molecule has 1 aliphatic heterocycles. The molecule has 0 spiro atoms. The van der Waals surface area contributed by atoms with Gasteiger partial charge in [0.05, 0.1) is 0 Å². The zero-order valence-electron chi connectivity index (χ0n) is 11.1. The molecule has 0 saturated carbocycles. The van der Waals surface area contributed by atoms with Crippen molar-refractivity contribution in [3.8, 4) is 5.75 Å². The lowest BCUT2D eigenvalue weighted by atomic mass is 10.1. The van der Waals surface area contributed by atoms with Crippen molar-refractivity contribution in [2.24, 2.45) is 0 Å². The van der Waals surface area contributed by atoms with Gasteiger partial charge in [-0.25, -0.2) is 0 Å². The molecule has 1 heterocycles. The smallest absolute Gasteiger partial charge is 0.406 e. The quantitative estimate of drug-likeness (QED) is 0.898. The van der Waals surface area contributed by atoms with Gasteiger partial charge in [-0.05, 0) is 37.6 Å². The largest absolute Gasteiger partial charge is 0.573 e. The van der Waals surface area contributed by atoms with Crippen LogP contribution in [0.4, 0.5) is 13.2 Å². The fourth-order valence-electron chi connectivity index (χ4n) is 2.08. The Morgan fingerprint density at radius 3 is 2.76 bits per heavy atom. The van der Waals surface area contributed by atoms with Crippen LogP contribution < -0.4 is 15.4 Å². The number of carbonyl (C=O) groups excluding carboxylic acids is 1. The number of carbonyl (C=O) groups is 1. The second kappa shape index (κ2) is 7.51. The van der Waals surface area contributed by atoms with Crippen LogP contribution in [0.3, 0.4) is 0 Å². The Balaban J connectivity index is 0.00000220. The van der Waals surface area contributed by atoms with Crippen LogP contribution in [0.2, 0.25) is 0 Å². The second-order valence-corrected chi connectivity index (χ2v) is 4.59. The van der Waals surface area contributed by atoms with E-state index in [1.165, 1.54) is 12.1 Å². The number of piperidine rings is 1. The van der Waals surface area contributed by atoms with E-state index >= 15 is 0 Å². The van der Waals surface area contributed by atoms with Gasteiger partial charge in [-0.2, -0.15) is 0 Å². The predicted octanol–water partition coefficient (Wildman–Crippen LogP) is 2.49. The fraction of sp³-hybridized carbons (Fsp3) is 0.462. The molecule has 1 saturated heterocycles. The van der Waals surface area contributed by atoms with E-state index in [-0.39, 0.29) is 24.0 Å². The third kappa shape index (κ3) is 5.81. The summed E-state index contributed by atoms with van der Waals surface area (Å²) in [5, 5.41) is 5.93. The van der Waals surface area contributed by atoms with E-state index in [2.05, 4.69) is 15.4 Å². The van der Waals surface area contributed by atoms with E-state index in [0.717, 1.165) is 31.5 Å². The summed E-state index contributed by atoms with van der Waals surface area (Å²) < 4.78 is 40.1. The average Bonchev–Trinajstić information content (AvgIpc) is 2.38. The molecule has 0 radical (unpaired) electrons. The predicted molar refractivity (Wildman–Crippen MR) is 73.7 cm³/mol. The maximum atomic E-state index is 12.1. The van der Waals surface area contributed by atoms with E-state index < -0.39 is 18.0 Å². The Morgan fingerprint density at radius 2 is 2.14 bits per heavy atom. The van der Waals surface area contributed by atoms with E-state index in [4.69, 9.17) is 0 Å². The Bertz CT molecular complexity index is 477. The highest BCUT2D eigenvalue weighted by Gasteiger charge is 2.31. The van der Waals surface area contributed by atoms with E-state index in [0.29, 0.717) is 6.54 Å². The van der Waals surface area contributed by atoms with Gasteiger partial charge in [-0.15, -0.1) is 25.6 Å². The first-order valence-corrected chi connectivity index (χ1v) is 6.31. The first kappa shape index (κ1) is 17.6. The van der Waals surface area contributed by atoms with Crippen LogP contribution in [0.1, 0.15) is 23.2 Å². The number of rotatable bonds is 3. The van der Waals surface area contributed by atoms with Crippen molar-refractivity contribution in [2.45, 2.75) is 25.2 Å². The molecule has 21 heavy (non-hydrogen) atoms. The van der Waals surface area contributed by atoms with E-state index in [1.807, 2.05) is 0 Å². The summed E-state index contributed by atoms with van der Waals surface area (Å²) in [4.78, 5) is 12.0. The first-order chi connectivity index (χ1) is 9.44. The van der Waals surface area contributed by atoms with Crippen LogP contribution in [-0.4, -0.2) is 31.4 Å². The Kier molecular flexibility index (Phi) is 6.29. The van der Waals surface area contributed by atoms with Gasteiger partial charge in [0.15, 0.2) is 0 Å². The summed E-state index contributed by atoms with van der Waals surface area (Å²) in [6.07, 6.45) is -2.94. The van der Waals surface area contributed by atoms with Gasteiger partial charge in [-0.3, -0.25) is 4.79 Å². The average molecular weight is 325 g/mol. The number of amides is 1. The van der Waals surface area contributed by atoms with Gasteiger partial charge in [0.25, 0.3) is 5.91 Å². The monoisotopic (exact) mass is 324 g/mol. The molecule has 1 aromatic carbocycles. The van der Waals surface area contributed by atoms with Gasteiger partial charge < -0.3 is 15.4 Å². The van der Waals surface area contributed by atoms with Crippen LogP contribution in [-0.2, 0) is 0 Å². The third-order valence-electron chi connectivity index (χ3n) is 2.96. The van der Waals surface area contributed by atoms with Gasteiger partial charge in [-0.1, -0.05) is 6.07 Å². The molecular formula is C13H16ClF3N2O2. The molecular weight excluding hydrogens is 309 g/mol. The molecule has 1 fully saturated rings. The lowest BCUT2D eigenvalue weighted by Gasteiger charge is -2.23. The van der Waals surface area contributed by atoms with E-state index in [1.54, 1.807) is 0 Å². The van der Waals surface area contributed by atoms with Gasteiger partial charge in [0, 0.05) is 18.2 Å². The van der Waals surface area contributed by atoms with Crippen molar-refractivity contribution in [1.82, 2.24) is 10.6 Å². The molecule has 0 unspecified atom stereocenters. The van der Waals surface area contributed by atoms with Crippen molar-refractivity contribution in [2.75, 3.05) is 13.1 Å². The van der Waals surface area contributed by atoms with Crippen molar-refractivity contribution in [1.29, 1.82) is 0 Å². The molecule has 0 aliphatic carbocycles. The lowest BCUT2D eigenvalue weighted by molar-refractivity contribution is -0.274. The SMILES string of the molecule is Cl.O=C(N[C@@H]1CCCNC1)c1cccc(OC(F)(F)F)c1. The summed E-state index contributed by atoms with van der Waals surface area (Å²) in [6, 6.07) is 5.05. The number of nitrogens with one attached hydrogen (secondary N) is 2. The highest BCUT2D eigenvalue weighted by molar-refractivity contribution is 5.94. The summed E-state index contributed by atoms with van der Waals surface area (Å²) in [5.74, 6) is -0.793. The van der Waals surface area contributed by atoms with Crippen molar-refractivity contribution in [3.63, 3.8) is 0 Å². The topological polar surface area (TPSA) is 50.4 Å². The minimum Gasteiger partial charge on any atom is -0.406 e. The van der Waals surface area contributed by atoms with Crippen LogP contribution in [0.15, 0.2) is 24.3 Å². The summed E-state index contributed by atoms with van der Waals surface area (Å²) >= 11 is 0. The molecule has 8 heteroatoms. The van der Waals surface area contributed by atoms with Crippen molar-refractivity contribution >= 4 is 18.3 Å². The fourth-order valence-corrected chi connectivity index (χ4v) is 2.08. The molecule has 2 rings (SSSR count). The Morgan fingerprint density at radius 1 is 1.38 bits per heavy atom. The Labute approximate surface area is 126 Å². The van der Waals surface area contributed by atoms with Crippen LogP contribution in [0, 0.1) is 0 Å². The zero-order chi connectivity index (χ0) is 14.6. The first-order valence-electron chi connectivity index (χ1n) is 6.31. The Hall–Kier alpha value is -1.47. The third-order valence-corrected chi connectivity index (χ3v) is 2.96. The summed E-state index contributed by atoms with van der Waals surface area (Å²) in [7, 11) is 0. The molecule has 1 atom stereocenters. The maximum absolute atomic E-state index is 12.1. The molecule has 1 aliphatic rings. The molecule has 2 N–H and O–H groups in total. The summed E-state index contributed by atoms with van der Waals surface area (Å²) in [5.41, 5.74) is 0.150. The highest BCUT2D eigenvalue weighted by Crippen LogP contribution is 2.23.